The van der Waals surface area contributed by atoms with E-state index in [1.807, 2.05) is 0 Å². The zero-order valence-electron chi connectivity index (χ0n) is 13.8. The molecule has 2 N–H and O–H groups in total. The van der Waals surface area contributed by atoms with Gasteiger partial charge in [0, 0.05) is 12.6 Å². The van der Waals surface area contributed by atoms with Crippen molar-refractivity contribution in [2.24, 2.45) is 23.2 Å². The van der Waals surface area contributed by atoms with Crippen LogP contribution in [-0.4, -0.2) is 37.0 Å². The van der Waals surface area contributed by atoms with Crippen LogP contribution in [0.15, 0.2) is 0 Å². The van der Waals surface area contributed by atoms with E-state index >= 15 is 0 Å². The Balaban J connectivity index is 1.39. The Morgan fingerprint density at radius 1 is 1.14 bits per heavy atom. The van der Waals surface area contributed by atoms with Gasteiger partial charge in [-0.1, -0.05) is 6.92 Å². The maximum Gasteiger partial charge on any atom is 0.0897 e. The van der Waals surface area contributed by atoms with Crippen LogP contribution in [0.1, 0.15) is 58.8 Å². The van der Waals surface area contributed by atoms with Crippen molar-refractivity contribution in [3.05, 3.63) is 0 Å². The molecule has 0 aliphatic heterocycles. The third kappa shape index (κ3) is 3.80. The van der Waals surface area contributed by atoms with E-state index in [1.54, 1.807) is 0 Å². The average Bonchev–Trinajstić information content (AvgIpc) is 2.43. The fourth-order valence-corrected chi connectivity index (χ4v) is 5.42. The summed E-state index contributed by atoms with van der Waals surface area (Å²) in [6, 6.07) is 0.475. The third-order valence-corrected chi connectivity index (χ3v) is 6.20. The van der Waals surface area contributed by atoms with Gasteiger partial charge in [0.05, 0.1) is 19.3 Å². The van der Waals surface area contributed by atoms with Gasteiger partial charge < -0.3 is 15.2 Å². The zero-order chi connectivity index (χ0) is 14.9. The molecule has 122 valence electrons. The van der Waals surface area contributed by atoms with Crippen LogP contribution in [0.2, 0.25) is 0 Å². The molecule has 0 aromatic carbocycles. The van der Waals surface area contributed by atoms with Crippen molar-refractivity contribution in [1.29, 1.82) is 0 Å². The molecule has 3 heteroatoms. The highest BCUT2D eigenvalue weighted by molar-refractivity contribution is 5.01. The molecule has 4 bridgehead atoms. The quantitative estimate of drug-likeness (QED) is 0.723. The molecule has 0 heterocycles. The topological polar surface area (TPSA) is 41.5 Å². The van der Waals surface area contributed by atoms with Crippen molar-refractivity contribution >= 4 is 0 Å². The van der Waals surface area contributed by atoms with Crippen molar-refractivity contribution in [3.63, 3.8) is 0 Å². The SMILES string of the molecule is CC[C@H](C)NC[C@H](O)COCC12CC3CC(CC(C3)C1)C2. The van der Waals surface area contributed by atoms with Crippen LogP contribution in [0.25, 0.3) is 0 Å². The van der Waals surface area contributed by atoms with Gasteiger partial charge in [0.2, 0.25) is 0 Å². The van der Waals surface area contributed by atoms with Crippen LogP contribution in [0.4, 0.5) is 0 Å². The van der Waals surface area contributed by atoms with Crippen molar-refractivity contribution in [1.82, 2.24) is 5.32 Å². The first-order valence-corrected chi connectivity index (χ1v) is 9.08. The van der Waals surface area contributed by atoms with E-state index in [2.05, 4.69) is 19.2 Å². The molecule has 0 saturated heterocycles. The summed E-state index contributed by atoms with van der Waals surface area (Å²) in [5.41, 5.74) is 0.471. The van der Waals surface area contributed by atoms with Crippen LogP contribution >= 0.6 is 0 Å². The Kier molecular flexibility index (Phi) is 4.92. The highest BCUT2D eigenvalue weighted by Gasteiger charge is 2.50. The largest absolute Gasteiger partial charge is 0.389 e. The second kappa shape index (κ2) is 6.55. The van der Waals surface area contributed by atoms with E-state index < -0.39 is 0 Å². The van der Waals surface area contributed by atoms with Gasteiger partial charge in [0.15, 0.2) is 0 Å². The lowest BCUT2D eigenvalue weighted by molar-refractivity contribution is -0.105. The van der Waals surface area contributed by atoms with E-state index in [0.29, 0.717) is 24.6 Å². The monoisotopic (exact) mass is 295 g/mol. The van der Waals surface area contributed by atoms with Gasteiger partial charge in [-0.25, -0.2) is 0 Å². The molecule has 0 amide bonds. The van der Waals surface area contributed by atoms with E-state index in [4.69, 9.17) is 4.74 Å². The lowest BCUT2D eigenvalue weighted by atomic mass is 9.50. The molecule has 4 fully saturated rings. The number of aliphatic hydroxyl groups excluding tert-OH is 1. The van der Waals surface area contributed by atoms with Gasteiger partial charge in [-0.05, 0) is 75.0 Å². The lowest BCUT2D eigenvalue weighted by Crippen LogP contribution is -2.48. The third-order valence-electron chi connectivity index (χ3n) is 6.20. The summed E-state index contributed by atoms with van der Waals surface area (Å²) in [6.07, 6.45) is 9.36. The molecule has 0 aromatic rings. The molecule has 4 rings (SSSR count). The van der Waals surface area contributed by atoms with Crippen LogP contribution in [0.5, 0.6) is 0 Å². The number of rotatable bonds is 8. The molecular formula is C18H33NO2. The summed E-state index contributed by atoms with van der Waals surface area (Å²) < 4.78 is 5.96. The Morgan fingerprint density at radius 2 is 1.71 bits per heavy atom. The molecule has 4 saturated carbocycles. The molecule has 4 aliphatic rings. The highest BCUT2D eigenvalue weighted by atomic mass is 16.5. The van der Waals surface area contributed by atoms with Crippen molar-refractivity contribution in [3.8, 4) is 0 Å². The first-order valence-electron chi connectivity index (χ1n) is 9.08. The fourth-order valence-electron chi connectivity index (χ4n) is 5.42. The Labute approximate surface area is 129 Å². The number of nitrogens with one attached hydrogen (secondary N) is 1. The summed E-state index contributed by atoms with van der Waals surface area (Å²) in [5, 5.41) is 13.4. The molecule has 3 nitrogen and oxygen atoms in total. The molecule has 2 atom stereocenters. The molecule has 21 heavy (non-hydrogen) atoms. The lowest BCUT2D eigenvalue weighted by Gasteiger charge is -2.56. The molecule has 4 aliphatic carbocycles. The van der Waals surface area contributed by atoms with Crippen molar-refractivity contribution < 1.29 is 9.84 Å². The summed E-state index contributed by atoms with van der Waals surface area (Å²) in [7, 11) is 0. The standard InChI is InChI=1S/C18H33NO2/c1-3-13(2)19-10-17(20)11-21-12-18-7-14-4-15(8-18)6-16(5-14)9-18/h13-17,19-20H,3-12H2,1-2H3/t13-,14?,15?,16?,17-,18?/m0/s1. The van der Waals surface area contributed by atoms with Gasteiger partial charge in [-0.15, -0.1) is 0 Å². The predicted octanol–water partition coefficient (Wildman–Crippen LogP) is 2.97. The summed E-state index contributed by atoms with van der Waals surface area (Å²) in [5.74, 6) is 2.95. The van der Waals surface area contributed by atoms with Crippen LogP contribution < -0.4 is 5.32 Å². The molecule has 0 unspecified atom stereocenters. The van der Waals surface area contributed by atoms with E-state index in [1.165, 1.54) is 38.5 Å². The molecule has 0 aromatic heterocycles. The predicted molar refractivity (Wildman–Crippen MR) is 85.2 cm³/mol. The van der Waals surface area contributed by atoms with E-state index in [-0.39, 0.29) is 6.10 Å². The minimum Gasteiger partial charge on any atom is -0.389 e. The Morgan fingerprint density at radius 3 is 2.24 bits per heavy atom. The van der Waals surface area contributed by atoms with Gasteiger partial charge in [-0.2, -0.15) is 0 Å². The number of hydrogen-bond acceptors (Lipinski definition) is 3. The number of aliphatic hydroxyl groups is 1. The fraction of sp³-hybridized carbons (Fsp3) is 1.00. The summed E-state index contributed by atoms with van der Waals surface area (Å²) >= 11 is 0. The van der Waals surface area contributed by atoms with Crippen molar-refractivity contribution in [2.75, 3.05) is 19.8 Å². The van der Waals surface area contributed by atoms with Crippen LogP contribution in [0, 0.1) is 23.2 Å². The molecule has 0 radical (unpaired) electrons. The minimum absolute atomic E-state index is 0.368. The summed E-state index contributed by atoms with van der Waals surface area (Å²) in [6.45, 7) is 6.34. The maximum atomic E-state index is 10.0. The van der Waals surface area contributed by atoms with Gasteiger partial charge >= 0.3 is 0 Å². The van der Waals surface area contributed by atoms with E-state index in [9.17, 15) is 5.11 Å². The van der Waals surface area contributed by atoms with E-state index in [0.717, 1.165) is 30.8 Å². The van der Waals surface area contributed by atoms with Crippen molar-refractivity contribution in [2.45, 2.75) is 70.9 Å². The first-order chi connectivity index (χ1) is 10.1. The maximum absolute atomic E-state index is 10.0. The van der Waals surface area contributed by atoms with Crippen LogP contribution in [0.3, 0.4) is 0 Å². The second-order valence-corrected chi connectivity index (χ2v) is 8.30. The van der Waals surface area contributed by atoms with Gasteiger partial charge in [0.1, 0.15) is 0 Å². The van der Waals surface area contributed by atoms with Crippen LogP contribution in [-0.2, 0) is 4.74 Å². The number of ether oxygens (including phenoxy) is 1. The summed E-state index contributed by atoms with van der Waals surface area (Å²) in [4.78, 5) is 0. The average molecular weight is 295 g/mol. The molecular weight excluding hydrogens is 262 g/mol. The first kappa shape index (κ1) is 15.8. The second-order valence-electron chi connectivity index (χ2n) is 8.30. The molecule has 0 spiro atoms. The van der Waals surface area contributed by atoms with Gasteiger partial charge in [-0.3, -0.25) is 0 Å². The Hall–Kier alpha value is -0.120. The smallest absolute Gasteiger partial charge is 0.0897 e. The normalized spacial score (nSPS) is 40.4. The number of hydrogen-bond donors (Lipinski definition) is 2. The Bertz CT molecular complexity index is 309. The van der Waals surface area contributed by atoms with Gasteiger partial charge in [0.25, 0.3) is 0 Å². The minimum atomic E-state index is -0.368. The zero-order valence-corrected chi connectivity index (χ0v) is 13.8. The highest BCUT2D eigenvalue weighted by Crippen LogP contribution is 2.59.